The standard InChI is InChI=1S/C11H22O2/c1-5-8(2)6-7-9(3)10(4)11(12)13/h8-10H,5-7H2,1-4H3,(H,12,13)/t8-,9?,10?/m0/s1. The van der Waals surface area contributed by atoms with Crippen LogP contribution in [0.1, 0.15) is 47.0 Å². The summed E-state index contributed by atoms with van der Waals surface area (Å²) in [6.07, 6.45) is 3.37. The Bertz CT molecular complexity index is 154. The van der Waals surface area contributed by atoms with Gasteiger partial charge in [0.25, 0.3) is 0 Å². The van der Waals surface area contributed by atoms with Gasteiger partial charge in [0.15, 0.2) is 0 Å². The third-order valence-corrected chi connectivity index (χ3v) is 3.05. The summed E-state index contributed by atoms with van der Waals surface area (Å²) in [6, 6.07) is 0. The van der Waals surface area contributed by atoms with E-state index in [9.17, 15) is 4.79 Å². The van der Waals surface area contributed by atoms with E-state index in [1.54, 1.807) is 6.92 Å². The normalized spacial score (nSPS) is 17.8. The van der Waals surface area contributed by atoms with Crippen molar-refractivity contribution in [2.24, 2.45) is 17.8 Å². The highest BCUT2D eigenvalue weighted by molar-refractivity contribution is 5.69. The van der Waals surface area contributed by atoms with Gasteiger partial charge in [-0.15, -0.1) is 0 Å². The van der Waals surface area contributed by atoms with Crippen molar-refractivity contribution in [3.63, 3.8) is 0 Å². The molecule has 0 spiro atoms. The van der Waals surface area contributed by atoms with Gasteiger partial charge in [0.1, 0.15) is 0 Å². The monoisotopic (exact) mass is 186 g/mol. The summed E-state index contributed by atoms with van der Waals surface area (Å²) in [5, 5.41) is 8.77. The molecule has 0 aromatic rings. The lowest BCUT2D eigenvalue weighted by atomic mass is 9.88. The van der Waals surface area contributed by atoms with Crippen LogP contribution in [0.4, 0.5) is 0 Å². The molecule has 13 heavy (non-hydrogen) atoms. The zero-order valence-electron chi connectivity index (χ0n) is 9.21. The van der Waals surface area contributed by atoms with Gasteiger partial charge in [0.2, 0.25) is 0 Å². The first kappa shape index (κ1) is 12.5. The van der Waals surface area contributed by atoms with E-state index in [-0.39, 0.29) is 5.92 Å². The quantitative estimate of drug-likeness (QED) is 0.691. The van der Waals surface area contributed by atoms with Gasteiger partial charge in [-0.05, 0) is 18.3 Å². The van der Waals surface area contributed by atoms with Crippen LogP contribution in [0.5, 0.6) is 0 Å². The third-order valence-electron chi connectivity index (χ3n) is 3.05. The molecule has 0 aliphatic heterocycles. The zero-order valence-corrected chi connectivity index (χ0v) is 9.21. The van der Waals surface area contributed by atoms with E-state index in [4.69, 9.17) is 5.11 Å². The second kappa shape index (κ2) is 6.01. The average molecular weight is 186 g/mol. The van der Waals surface area contributed by atoms with Crippen LogP contribution in [0.15, 0.2) is 0 Å². The molecule has 0 aliphatic carbocycles. The lowest BCUT2D eigenvalue weighted by Gasteiger charge is -2.17. The third kappa shape index (κ3) is 4.91. The van der Waals surface area contributed by atoms with Crippen LogP contribution in [0.25, 0.3) is 0 Å². The molecule has 3 atom stereocenters. The predicted octanol–water partition coefficient (Wildman–Crippen LogP) is 3.17. The van der Waals surface area contributed by atoms with Gasteiger partial charge in [-0.3, -0.25) is 4.79 Å². The number of carbonyl (C=O) groups is 1. The molecule has 0 radical (unpaired) electrons. The molecular weight excluding hydrogens is 164 g/mol. The van der Waals surface area contributed by atoms with Gasteiger partial charge in [-0.25, -0.2) is 0 Å². The van der Waals surface area contributed by atoms with Crippen molar-refractivity contribution in [3.05, 3.63) is 0 Å². The Morgan fingerprint density at radius 1 is 1.23 bits per heavy atom. The fraction of sp³-hybridized carbons (Fsp3) is 0.909. The van der Waals surface area contributed by atoms with E-state index >= 15 is 0 Å². The molecule has 0 amide bonds. The van der Waals surface area contributed by atoms with Crippen molar-refractivity contribution >= 4 is 5.97 Å². The lowest BCUT2D eigenvalue weighted by molar-refractivity contribution is -0.142. The number of hydrogen-bond acceptors (Lipinski definition) is 1. The molecule has 2 heteroatoms. The van der Waals surface area contributed by atoms with Crippen molar-refractivity contribution in [3.8, 4) is 0 Å². The molecule has 0 heterocycles. The first-order chi connectivity index (χ1) is 5.99. The molecule has 2 nitrogen and oxygen atoms in total. The molecule has 2 unspecified atom stereocenters. The number of carboxylic acid groups (broad SMARTS) is 1. The van der Waals surface area contributed by atoms with Crippen LogP contribution in [-0.2, 0) is 4.79 Å². The first-order valence-corrected chi connectivity index (χ1v) is 5.21. The van der Waals surface area contributed by atoms with Gasteiger partial charge >= 0.3 is 5.97 Å². The summed E-state index contributed by atoms with van der Waals surface area (Å²) in [5.74, 6) is 0.149. The SMILES string of the molecule is CC[C@H](C)CCC(C)C(C)C(=O)O. The molecule has 0 saturated carbocycles. The lowest BCUT2D eigenvalue weighted by Crippen LogP contribution is -2.18. The molecule has 0 bridgehead atoms. The summed E-state index contributed by atoms with van der Waals surface area (Å²) >= 11 is 0. The van der Waals surface area contributed by atoms with Crippen molar-refractivity contribution in [1.82, 2.24) is 0 Å². The molecule has 0 saturated heterocycles. The molecule has 1 N–H and O–H groups in total. The average Bonchev–Trinajstić information content (AvgIpc) is 2.11. The van der Waals surface area contributed by atoms with Crippen molar-refractivity contribution in [2.75, 3.05) is 0 Å². The second-order valence-corrected chi connectivity index (χ2v) is 4.19. The second-order valence-electron chi connectivity index (χ2n) is 4.19. The summed E-state index contributed by atoms with van der Waals surface area (Å²) in [6.45, 7) is 8.22. The number of carboxylic acids is 1. The topological polar surface area (TPSA) is 37.3 Å². The fourth-order valence-corrected chi connectivity index (χ4v) is 1.24. The number of hydrogen-bond donors (Lipinski definition) is 1. The Hall–Kier alpha value is -0.530. The Balaban J connectivity index is 3.73. The number of rotatable bonds is 6. The van der Waals surface area contributed by atoms with E-state index in [1.807, 2.05) is 6.92 Å². The highest BCUT2D eigenvalue weighted by atomic mass is 16.4. The van der Waals surface area contributed by atoms with Crippen LogP contribution >= 0.6 is 0 Å². The Morgan fingerprint density at radius 3 is 2.15 bits per heavy atom. The number of aliphatic carboxylic acids is 1. The van der Waals surface area contributed by atoms with Gasteiger partial charge in [0.05, 0.1) is 5.92 Å². The Kier molecular flexibility index (Phi) is 5.76. The molecule has 0 rings (SSSR count). The van der Waals surface area contributed by atoms with Crippen LogP contribution in [-0.4, -0.2) is 11.1 Å². The van der Waals surface area contributed by atoms with Gasteiger partial charge in [0, 0.05) is 0 Å². The molecule has 0 aromatic heterocycles. The van der Waals surface area contributed by atoms with E-state index < -0.39 is 5.97 Å². The minimum atomic E-state index is -0.670. The molecular formula is C11H22O2. The molecule has 0 aromatic carbocycles. The molecule has 0 aliphatic rings. The highest BCUT2D eigenvalue weighted by Crippen LogP contribution is 2.21. The van der Waals surface area contributed by atoms with Gasteiger partial charge in [-0.1, -0.05) is 40.5 Å². The predicted molar refractivity (Wildman–Crippen MR) is 54.7 cm³/mol. The summed E-state index contributed by atoms with van der Waals surface area (Å²) < 4.78 is 0. The minimum Gasteiger partial charge on any atom is -0.481 e. The van der Waals surface area contributed by atoms with E-state index in [0.29, 0.717) is 5.92 Å². The fourth-order valence-electron chi connectivity index (χ4n) is 1.24. The maximum atomic E-state index is 10.7. The van der Waals surface area contributed by atoms with Crippen molar-refractivity contribution in [1.29, 1.82) is 0 Å². The van der Waals surface area contributed by atoms with Crippen molar-refractivity contribution in [2.45, 2.75) is 47.0 Å². The molecule has 78 valence electrons. The van der Waals surface area contributed by atoms with Crippen LogP contribution < -0.4 is 0 Å². The largest absolute Gasteiger partial charge is 0.481 e. The first-order valence-electron chi connectivity index (χ1n) is 5.21. The Labute approximate surface area is 81.3 Å². The Morgan fingerprint density at radius 2 is 1.77 bits per heavy atom. The van der Waals surface area contributed by atoms with Crippen LogP contribution in [0.2, 0.25) is 0 Å². The molecule has 0 fully saturated rings. The summed E-state index contributed by atoms with van der Waals surface area (Å²) in [7, 11) is 0. The highest BCUT2D eigenvalue weighted by Gasteiger charge is 2.19. The van der Waals surface area contributed by atoms with E-state index in [1.165, 1.54) is 6.42 Å². The summed E-state index contributed by atoms with van der Waals surface area (Å²) in [4.78, 5) is 10.7. The van der Waals surface area contributed by atoms with E-state index in [2.05, 4.69) is 13.8 Å². The van der Waals surface area contributed by atoms with Crippen LogP contribution in [0, 0.1) is 17.8 Å². The van der Waals surface area contributed by atoms with Gasteiger partial charge in [-0.2, -0.15) is 0 Å². The van der Waals surface area contributed by atoms with E-state index in [0.717, 1.165) is 18.8 Å². The van der Waals surface area contributed by atoms with Crippen LogP contribution in [0.3, 0.4) is 0 Å². The summed E-state index contributed by atoms with van der Waals surface area (Å²) in [5.41, 5.74) is 0. The zero-order chi connectivity index (χ0) is 10.4. The maximum absolute atomic E-state index is 10.7. The van der Waals surface area contributed by atoms with Crippen molar-refractivity contribution < 1.29 is 9.90 Å². The van der Waals surface area contributed by atoms with Gasteiger partial charge < -0.3 is 5.11 Å². The minimum absolute atomic E-state index is 0.205. The maximum Gasteiger partial charge on any atom is 0.306 e. The smallest absolute Gasteiger partial charge is 0.306 e.